The van der Waals surface area contributed by atoms with E-state index in [0.29, 0.717) is 29.9 Å². The van der Waals surface area contributed by atoms with Gasteiger partial charge in [-0.25, -0.2) is 9.18 Å². The Morgan fingerprint density at radius 1 is 0.846 bits per heavy atom. The van der Waals surface area contributed by atoms with Gasteiger partial charge in [0.05, 0.1) is 56.9 Å². The first kappa shape index (κ1) is 52.8. The highest BCUT2D eigenvalue weighted by molar-refractivity contribution is 5.90. The van der Waals surface area contributed by atoms with E-state index in [2.05, 4.69) is 16.0 Å². The summed E-state index contributed by atoms with van der Waals surface area (Å²) in [4.78, 5) is 73.7. The monoisotopic (exact) mass is 912 g/mol. The van der Waals surface area contributed by atoms with Crippen molar-refractivity contribution in [1.82, 2.24) is 25.8 Å². The molecule has 1 saturated heterocycles. The number of nitrogens with zero attached hydrogens (tertiary/aromatic N) is 2. The molecular weight excluding hydrogens is 838 g/mol. The number of amides is 4. The number of methoxy groups -OCH3 is 4. The molecule has 1 aliphatic carbocycles. The first-order valence-electron chi connectivity index (χ1n) is 22.9. The molecule has 4 amide bonds. The lowest BCUT2D eigenvalue weighted by Gasteiger charge is -2.41. The first-order chi connectivity index (χ1) is 30.9. The van der Waals surface area contributed by atoms with Crippen LogP contribution < -0.4 is 25.4 Å². The second kappa shape index (κ2) is 24.1. The van der Waals surface area contributed by atoms with E-state index in [4.69, 9.17) is 23.7 Å². The number of fused-ring (bicyclic) bond motifs is 1. The van der Waals surface area contributed by atoms with Gasteiger partial charge in [-0.05, 0) is 67.3 Å². The molecular formula is C49H74FN5O10. The predicted octanol–water partition coefficient (Wildman–Crippen LogP) is 4.92. The maximum absolute atomic E-state index is 15.0. The van der Waals surface area contributed by atoms with Crippen molar-refractivity contribution in [2.24, 2.45) is 29.6 Å². The minimum absolute atomic E-state index is 0.000926. The van der Waals surface area contributed by atoms with Gasteiger partial charge in [0, 0.05) is 45.4 Å². The van der Waals surface area contributed by atoms with E-state index < -0.39 is 66.0 Å². The number of carbonyl (C=O) groups is 5. The number of esters is 1. The van der Waals surface area contributed by atoms with Gasteiger partial charge in [0.15, 0.2) is 0 Å². The number of hydrogen-bond acceptors (Lipinski definition) is 11. The number of piperidine rings is 1. The number of benzene rings is 2. The zero-order valence-electron chi connectivity index (χ0n) is 40.6. The van der Waals surface area contributed by atoms with E-state index in [-0.39, 0.29) is 72.4 Å². The average molecular weight is 912 g/mol. The van der Waals surface area contributed by atoms with Crippen molar-refractivity contribution >= 4 is 29.6 Å². The van der Waals surface area contributed by atoms with Crippen molar-refractivity contribution in [1.29, 1.82) is 0 Å². The Balaban J connectivity index is 1.54. The largest absolute Gasteiger partial charge is 0.497 e. The number of rotatable bonds is 25. The van der Waals surface area contributed by atoms with E-state index in [9.17, 15) is 28.4 Å². The molecule has 3 N–H and O–H groups in total. The quantitative estimate of drug-likeness (QED) is 0.116. The minimum Gasteiger partial charge on any atom is -0.497 e. The summed E-state index contributed by atoms with van der Waals surface area (Å²) < 4.78 is 43.5. The number of ether oxygens (including phenoxy) is 5. The third kappa shape index (κ3) is 13.0. The van der Waals surface area contributed by atoms with Crippen LogP contribution in [0.25, 0.3) is 0 Å². The first-order valence-corrected chi connectivity index (χ1v) is 22.9. The molecule has 362 valence electrons. The molecule has 2 aliphatic rings. The molecule has 65 heavy (non-hydrogen) atoms. The number of likely N-dealkylation sites (tertiary alicyclic amines) is 1. The van der Waals surface area contributed by atoms with Gasteiger partial charge >= 0.3 is 5.97 Å². The Morgan fingerprint density at radius 2 is 1.52 bits per heavy atom. The summed E-state index contributed by atoms with van der Waals surface area (Å²) in [7, 11) is 9.47. The van der Waals surface area contributed by atoms with E-state index in [1.807, 2.05) is 46.4 Å². The van der Waals surface area contributed by atoms with Crippen LogP contribution >= 0.6 is 0 Å². The number of halogens is 1. The van der Waals surface area contributed by atoms with Gasteiger partial charge in [-0.1, -0.05) is 73.1 Å². The van der Waals surface area contributed by atoms with Crippen LogP contribution in [0.4, 0.5) is 4.39 Å². The molecule has 1 heterocycles. The minimum atomic E-state index is -1.26. The second-order valence-corrected chi connectivity index (χ2v) is 18.3. The zero-order chi connectivity index (χ0) is 48.3. The summed E-state index contributed by atoms with van der Waals surface area (Å²) in [6, 6.07) is 7.51. The summed E-state index contributed by atoms with van der Waals surface area (Å²) in [6.45, 7) is 13.2. The summed E-state index contributed by atoms with van der Waals surface area (Å²) in [5.41, 5.74) is 0.779. The zero-order valence-corrected chi connectivity index (χ0v) is 40.6. The van der Waals surface area contributed by atoms with Gasteiger partial charge in [0.2, 0.25) is 23.6 Å². The molecule has 15 nitrogen and oxygen atoms in total. The number of carbonyl (C=O) groups excluding carboxylic acids is 5. The number of nitrogens with one attached hydrogen (secondary N) is 3. The van der Waals surface area contributed by atoms with Crippen LogP contribution in [0.1, 0.15) is 85.3 Å². The highest BCUT2D eigenvalue weighted by atomic mass is 19.1. The van der Waals surface area contributed by atoms with Gasteiger partial charge in [-0.3, -0.25) is 19.2 Å². The molecule has 1 aliphatic heterocycles. The lowest BCUT2D eigenvalue weighted by atomic mass is 9.89. The van der Waals surface area contributed by atoms with E-state index in [1.165, 1.54) is 34.5 Å². The molecule has 4 rings (SSSR count). The Morgan fingerprint density at radius 3 is 2.09 bits per heavy atom. The van der Waals surface area contributed by atoms with E-state index in [0.717, 1.165) is 6.42 Å². The molecule has 2 aromatic carbocycles. The van der Waals surface area contributed by atoms with Gasteiger partial charge in [0.25, 0.3) is 0 Å². The number of hydrogen-bond donors (Lipinski definition) is 3. The van der Waals surface area contributed by atoms with Crippen LogP contribution in [0.15, 0.2) is 42.5 Å². The fraction of sp³-hybridized carbons (Fsp3) is 0.653. The fourth-order valence-electron chi connectivity index (χ4n) is 9.35. The molecule has 0 bridgehead atoms. The highest BCUT2D eigenvalue weighted by Crippen LogP contribution is 2.50. The maximum atomic E-state index is 15.0. The van der Waals surface area contributed by atoms with Crippen molar-refractivity contribution in [3.8, 4) is 11.5 Å². The van der Waals surface area contributed by atoms with Gasteiger partial charge in [-0.15, -0.1) is 0 Å². The van der Waals surface area contributed by atoms with Gasteiger partial charge in [-0.2, -0.15) is 0 Å². The molecule has 11 atom stereocenters. The van der Waals surface area contributed by atoms with Crippen LogP contribution in [-0.2, 0) is 51.2 Å². The predicted molar refractivity (Wildman–Crippen MR) is 244 cm³/mol. The van der Waals surface area contributed by atoms with Gasteiger partial charge in [0.1, 0.15) is 36.0 Å². The van der Waals surface area contributed by atoms with Crippen LogP contribution in [0.3, 0.4) is 0 Å². The molecule has 0 spiro atoms. The maximum Gasteiger partial charge on any atom is 0.329 e. The van der Waals surface area contributed by atoms with Crippen molar-refractivity contribution in [3.63, 3.8) is 0 Å². The molecule has 0 aromatic heterocycles. The third-order valence-electron chi connectivity index (χ3n) is 13.4. The third-order valence-corrected chi connectivity index (χ3v) is 13.4. The molecule has 2 fully saturated rings. The Hall–Kier alpha value is -4.80. The SMILES string of the molecule is CC[C@H](C)[C@@H]([C@@H](CC(=O)N1[C@H]2C[C@H]2C[C@H]1[C@H](OC)[C@@H](C)C(=O)NC(Cc1ccccc1F)C(=O)OCc1ccc(OC)cc1OC)OC)N(C)C(=O)C(NC(=O)C(NC)C(C)C)C(C)C. The molecule has 2 aromatic rings. The second-order valence-electron chi connectivity index (χ2n) is 18.3. The van der Waals surface area contributed by atoms with Gasteiger partial charge < -0.3 is 49.4 Å². The normalized spacial score (nSPS) is 20.4. The van der Waals surface area contributed by atoms with Crippen LogP contribution in [0, 0.1) is 35.4 Å². The lowest BCUT2D eigenvalue weighted by Crippen LogP contribution is -2.59. The highest BCUT2D eigenvalue weighted by Gasteiger charge is 2.57. The Labute approximate surface area is 385 Å². The van der Waals surface area contributed by atoms with Crippen molar-refractivity contribution in [2.45, 2.75) is 136 Å². The molecule has 0 radical (unpaired) electrons. The molecule has 3 unspecified atom stereocenters. The van der Waals surface area contributed by atoms with Crippen LogP contribution in [0.2, 0.25) is 0 Å². The Kier molecular flexibility index (Phi) is 19.6. The summed E-state index contributed by atoms with van der Waals surface area (Å²) in [5, 5.41) is 8.85. The van der Waals surface area contributed by atoms with Crippen molar-refractivity contribution < 1.29 is 52.0 Å². The van der Waals surface area contributed by atoms with E-state index in [1.54, 1.807) is 62.3 Å². The summed E-state index contributed by atoms with van der Waals surface area (Å²) in [6.07, 6.45) is 0.452. The van der Waals surface area contributed by atoms with Crippen molar-refractivity contribution in [3.05, 3.63) is 59.4 Å². The van der Waals surface area contributed by atoms with Crippen LogP contribution in [-0.4, -0.2) is 130 Å². The average Bonchev–Trinajstić information content (AvgIpc) is 3.95. The number of likely N-dealkylation sites (N-methyl/N-ethyl adjacent to an activating group) is 2. The topological polar surface area (TPSA) is 174 Å². The van der Waals surface area contributed by atoms with E-state index >= 15 is 0 Å². The molecule has 1 saturated carbocycles. The summed E-state index contributed by atoms with van der Waals surface area (Å²) >= 11 is 0. The van der Waals surface area contributed by atoms with Crippen LogP contribution in [0.5, 0.6) is 11.5 Å². The Bertz CT molecular complexity index is 1930. The fourth-order valence-corrected chi connectivity index (χ4v) is 9.35. The molecule has 16 heteroatoms. The summed E-state index contributed by atoms with van der Waals surface area (Å²) in [5.74, 6) is -2.48. The lowest BCUT2D eigenvalue weighted by molar-refractivity contribution is -0.151. The van der Waals surface area contributed by atoms with Crippen molar-refractivity contribution in [2.75, 3.05) is 42.5 Å². The smallest absolute Gasteiger partial charge is 0.329 e. The standard InChI is InChI=1S/C49H74FN5O10/c1-14-29(6)44(54(9)48(59)43(28(4)5)53-47(58)42(51-8)27(2)3)40(63-12)25-41(56)55-37-22-33(37)23-38(55)45(64-13)30(7)46(57)52-36(21-31-17-15-16-18-35(31)50)49(60)65-26-32-19-20-34(61-10)24-39(32)62-11/h15-20,24,27-30,33,36-38,40,42-45,51H,14,21-23,25-26H2,1-13H3,(H,52,57)(H,53,58)/t29-,30+,33-,36?,37-,38-,40+,42?,43?,44-,45+/m0/s1.